The second-order valence-corrected chi connectivity index (χ2v) is 12.2. The summed E-state index contributed by atoms with van der Waals surface area (Å²) in [6, 6.07) is 30.5. The molecule has 1 unspecified atom stereocenters. The highest BCUT2D eigenvalue weighted by Crippen LogP contribution is 2.33. The Morgan fingerprint density at radius 2 is 1.18 bits per heavy atom. The molecule has 3 aromatic carbocycles. The Hall–Kier alpha value is -2.32. The molecule has 0 spiro atoms. The predicted octanol–water partition coefficient (Wildman–Crippen LogP) is 7.10. The standard InChI is InChI=1S/C26H31NSi/c1-3-4-5-6-14-21-28(2,22-15-8-7-9-16-22)27-25-19-12-10-17-23(25)24-18-11-13-20-26(24)27/h7-13,15-20H,3-6,14,21H2,1-2H3. The van der Waals surface area contributed by atoms with E-state index in [2.05, 4.69) is 96.6 Å². The van der Waals surface area contributed by atoms with Gasteiger partial charge in [0.25, 0.3) is 0 Å². The van der Waals surface area contributed by atoms with Gasteiger partial charge in [-0.25, -0.2) is 0 Å². The lowest BCUT2D eigenvalue weighted by Gasteiger charge is -2.32. The van der Waals surface area contributed by atoms with Gasteiger partial charge in [0.05, 0.1) is 0 Å². The number of unbranched alkanes of at least 4 members (excludes halogenated alkanes) is 4. The van der Waals surface area contributed by atoms with Crippen molar-refractivity contribution in [3.8, 4) is 0 Å². The van der Waals surface area contributed by atoms with E-state index in [-0.39, 0.29) is 0 Å². The fourth-order valence-electron chi connectivity index (χ4n) is 4.71. The van der Waals surface area contributed by atoms with Gasteiger partial charge in [-0.05, 0) is 29.9 Å². The minimum Gasteiger partial charge on any atom is -0.363 e. The van der Waals surface area contributed by atoms with Crippen molar-refractivity contribution in [3.63, 3.8) is 0 Å². The molecule has 0 aliphatic carbocycles. The van der Waals surface area contributed by atoms with Crippen LogP contribution in [0.15, 0.2) is 78.9 Å². The molecule has 0 saturated heterocycles. The summed E-state index contributed by atoms with van der Waals surface area (Å²) in [5.74, 6) is 0. The van der Waals surface area contributed by atoms with Crippen molar-refractivity contribution in [1.82, 2.24) is 4.23 Å². The summed E-state index contributed by atoms with van der Waals surface area (Å²) in [6.07, 6.45) is 6.70. The van der Waals surface area contributed by atoms with Crippen LogP contribution in [0.2, 0.25) is 12.6 Å². The topological polar surface area (TPSA) is 4.93 Å². The first-order chi connectivity index (χ1) is 13.8. The van der Waals surface area contributed by atoms with E-state index in [1.807, 2.05) is 0 Å². The number of benzene rings is 3. The maximum atomic E-state index is 2.74. The second kappa shape index (κ2) is 8.36. The lowest BCUT2D eigenvalue weighted by molar-refractivity contribution is 0.652. The van der Waals surface area contributed by atoms with E-state index in [4.69, 9.17) is 0 Å². The Kier molecular flexibility index (Phi) is 5.68. The number of hydrogen-bond donors (Lipinski definition) is 0. The van der Waals surface area contributed by atoms with Gasteiger partial charge in [0, 0.05) is 21.8 Å². The second-order valence-electron chi connectivity index (χ2n) is 8.17. The number of hydrogen-bond acceptors (Lipinski definition) is 0. The highest BCUT2D eigenvalue weighted by molar-refractivity contribution is 6.90. The largest absolute Gasteiger partial charge is 0.363 e. The third-order valence-corrected chi connectivity index (χ3v) is 10.6. The number of fused-ring (bicyclic) bond motifs is 3. The highest BCUT2D eigenvalue weighted by Gasteiger charge is 2.34. The third kappa shape index (κ3) is 3.42. The van der Waals surface area contributed by atoms with Crippen molar-refractivity contribution in [1.29, 1.82) is 0 Å². The Labute approximate surface area is 170 Å². The quantitative estimate of drug-likeness (QED) is 0.225. The number of aromatic nitrogens is 1. The summed E-state index contributed by atoms with van der Waals surface area (Å²) in [5, 5.41) is 4.31. The molecule has 2 heteroatoms. The fraction of sp³-hybridized carbons (Fsp3) is 0.308. The monoisotopic (exact) mass is 385 g/mol. The average Bonchev–Trinajstić information content (AvgIpc) is 3.09. The van der Waals surface area contributed by atoms with E-state index in [1.54, 1.807) is 0 Å². The van der Waals surface area contributed by atoms with E-state index in [0.29, 0.717) is 0 Å². The van der Waals surface area contributed by atoms with Crippen LogP contribution in [0.3, 0.4) is 0 Å². The van der Waals surface area contributed by atoms with Gasteiger partial charge in [-0.2, -0.15) is 0 Å². The minimum absolute atomic E-state index is 1.30. The minimum atomic E-state index is -1.92. The Morgan fingerprint density at radius 1 is 0.643 bits per heavy atom. The molecule has 1 heterocycles. The average molecular weight is 386 g/mol. The zero-order chi connectivity index (χ0) is 19.4. The first-order valence-corrected chi connectivity index (χ1v) is 13.5. The van der Waals surface area contributed by atoms with Crippen LogP contribution in [0.1, 0.15) is 39.0 Å². The molecule has 0 radical (unpaired) electrons. The van der Waals surface area contributed by atoms with Gasteiger partial charge >= 0.3 is 0 Å². The summed E-state index contributed by atoms with van der Waals surface area (Å²) < 4.78 is 2.74. The molecular weight excluding hydrogens is 354 g/mol. The van der Waals surface area contributed by atoms with Crippen LogP contribution in [-0.4, -0.2) is 12.5 Å². The zero-order valence-electron chi connectivity index (χ0n) is 17.2. The van der Waals surface area contributed by atoms with Crippen molar-refractivity contribution in [3.05, 3.63) is 78.9 Å². The van der Waals surface area contributed by atoms with Crippen LogP contribution in [0.5, 0.6) is 0 Å². The van der Waals surface area contributed by atoms with E-state index in [9.17, 15) is 0 Å². The fourth-order valence-corrected chi connectivity index (χ4v) is 8.78. The Bertz CT molecular complexity index is 997. The van der Waals surface area contributed by atoms with Crippen molar-refractivity contribution in [2.45, 2.75) is 51.6 Å². The van der Waals surface area contributed by atoms with Crippen LogP contribution in [0.4, 0.5) is 0 Å². The molecule has 0 bridgehead atoms. The van der Waals surface area contributed by atoms with Crippen LogP contribution in [-0.2, 0) is 0 Å². The predicted molar refractivity (Wildman–Crippen MR) is 126 cm³/mol. The summed E-state index contributed by atoms with van der Waals surface area (Å²) in [7, 11) is -1.92. The van der Waals surface area contributed by atoms with Crippen LogP contribution < -0.4 is 5.19 Å². The molecular formula is C26H31NSi. The summed E-state index contributed by atoms with van der Waals surface area (Å²) in [4.78, 5) is 0. The van der Waals surface area contributed by atoms with Crippen molar-refractivity contribution in [2.75, 3.05) is 0 Å². The van der Waals surface area contributed by atoms with Crippen molar-refractivity contribution in [2.24, 2.45) is 0 Å². The molecule has 0 amide bonds. The molecule has 0 aliphatic heterocycles. The van der Waals surface area contributed by atoms with Crippen molar-refractivity contribution >= 4 is 35.2 Å². The first kappa shape index (κ1) is 19.0. The molecule has 0 fully saturated rings. The third-order valence-electron chi connectivity index (χ3n) is 6.24. The van der Waals surface area contributed by atoms with E-state index < -0.39 is 8.24 Å². The lowest BCUT2D eigenvalue weighted by atomic mass is 10.2. The normalized spacial score (nSPS) is 13.8. The van der Waals surface area contributed by atoms with Gasteiger partial charge in [0.1, 0.15) is 0 Å². The number of para-hydroxylation sites is 2. The van der Waals surface area contributed by atoms with Gasteiger partial charge in [-0.3, -0.25) is 0 Å². The smallest absolute Gasteiger partial charge is 0.190 e. The molecule has 28 heavy (non-hydrogen) atoms. The molecule has 1 atom stereocenters. The number of rotatable bonds is 8. The lowest BCUT2D eigenvalue weighted by Crippen LogP contribution is -2.51. The van der Waals surface area contributed by atoms with Gasteiger partial charge in [-0.1, -0.05) is 106 Å². The highest BCUT2D eigenvalue weighted by atomic mass is 28.3. The molecule has 1 nitrogen and oxygen atoms in total. The molecule has 0 N–H and O–H groups in total. The SMILES string of the molecule is CCCCCCC[Si](C)(c1ccccc1)n1c2ccccc2c2ccccc21. The molecule has 4 aromatic rings. The van der Waals surface area contributed by atoms with Crippen LogP contribution >= 0.6 is 0 Å². The maximum absolute atomic E-state index is 2.74. The molecule has 144 valence electrons. The Balaban J connectivity index is 1.87. The van der Waals surface area contributed by atoms with Gasteiger partial charge < -0.3 is 4.23 Å². The maximum Gasteiger partial charge on any atom is 0.190 e. The van der Waals surface area contributed by atoms with E-state index in [0.717, 1.165) is 0 Å². The van der Waals surface area contributed by atoms with Crippen LogP contribution in [0.25, 0.3) is 21.8 Å². The summed E-state index contributed by atoms with van der Waals surface area (Å²) in [5.41, 5.74) is 2.80. The molecule has 1 aromatic heterocycles. The Morgan fingerprint density at radius 3 is 1.79 bits per heavy atom. The first-order valence-electron chi connectivity index (χ1n) is 10.8. The van der Waals surface area contributed by atoms with Gasteiger partial charge in [0.15, 0.2) is 8.24 Å². The molecule has 4 rings (SSSR count). The number of nitrogens with zero attached hydrogens (tertiary/aromatic N) is 1. The van der Waals surface area contributed by atoms with Crippen LogP contribution in [0, 0.1) is 0 Å². The van der Waals surface area contributed by atoms with E-state index >= 15 is 0 Å². The zero-order valence-corrected chi connectivity index (χ0v) is 18.2. The summed E-state index contributed by atoms with van der Waals surface area (Å²) >= 11 is 0. The van der Waals surface area contributed by atoms with Gasteiger partial charge in [-0.15, -0.1) is 0 Å². The summed E-state index contributed by atoms with van der Waals surface area (Å²) in [6.45, 7) is 4.86. The van der Waals surface area contributed by atoms with Gasteiger partial charge in [0.2, 0.25) is 0 Å². The van der Waals surface area contributed by atoms with Crippen molar-refractivity contribution < 1.29 is 0 Å². The van der Waals surface area contributed by atoms with E-state index in [1.165, 1.54) is 65.1 Å². The molecule has 0 aliphatic rings. The molecule has 0 saturated carbocycles.